The molecular formula is C20H18FN3O3S. The van der Waals surface area contributed by atoms with Gasteiger partial charge in [-0.3, -0.25) is 14.5 Å². The minimum absolute atomic E-state index is 0.0741. The molecule has 0 fully saturated rings. The molecule has 28 heavy (non-hydrogen) atoms. The Hall–Kier alpha value is -3.26. The van der Waals surface area contributed by atoms with Gasteiger partial charge >= 0.3 is 0 Å². The lowest BCUT2D eigenvalue weighted by molar-refractivity contribution is 0.0939. The van der Waals surface area contributed by atoms with Gasteiger partial charge in [0, 0.05) is 17.4 Å². The fourth-order valence-electron chi connectivity index (χ4n) is 2.52. The Kier molecular flexibility index (Phi) is 5.70. The van der Waals surface area contributed by atoms with E-state index in [0.29, 0.717) is 5.69 Å². The molecule has 0 saturated heterocycles. The van der Waals surface area contributed by atoms with E-state index in [-0.39, 0.29) is 22.2 Å². The van der Waals surface area contributed by atoms with Crippen molar-refractivity contribution >= 4 is 21.6 Å². The van der Waals surface area contributed by atoms with Crippen LogP contribution in [0.1, 0.15) is 29.0 Å². The zero-order chi connectivity index (χ0) is 20.1. The molecule has 0 aliphatic heterocycles. The summed E-state index contributed by atoms with van der Waals surface area (Å²) in [6.45, 7) is 1.79. The van der Waals surface area contributed by atoms with Crippen LogP contribution in [0, 0.1) is 5.82 Å². The van der Waals surface area contributed by atoms with E-state index < -0.39 is 21.7 Å². The number of sulfonamides is 1. The first-order chi connectivity index (χ1) is 13.3. The maximum absolute atomic E-state index is 13.0. The number of hydrogen-bond acceptors (Lipinski definition) is 4. The minimum Gasteiger partial charge on any atom is -0.344 e. The monoisotopic (exact) mass is 399 g/mol. The first-order valence-electron chi connectivity index (χ1n) is 8.45. The molecule has 3 aromatic rings. The van der Waals surface area contributed by atoms with Crippen molar-refractivity contribution in [3.05, 3.63) is 90.0 Å². The average Bonchev–Trinajstić information content (AvgIpc) is 2.70. The smallest absolute Gasteiger partial charge is 0.261 e. The summed E-state index contributed by atoms with van der Waals surface area (Å²) in [5, 5.41) is 2.79. The van der Waals surface area contributed by atoms with Crippen LogP contribution < -0.4 is 10.0 Å². The number of amides is 1. The molecule has 0 spiro atoms. The van der Waals surface area contributed by atoms with Crippen molar-refractivity contribution in [1.29, 1.82) is 0 Å². The van der Waals surface area contributed by atoms with E-state index in [2.05, 4.69) is 15.0 Å². The van der Waals surface area contributed by atoms with Gasteiger partial charge < -0.3 is 5.32 Å². The van der Waals surface area contributed by atoms with Crippen LogP contribution in [0.4, 0.5) is 10.1 Å². The van der Waals surface area contributed by atoms with Crippen molar-refractivity contribution in [2.45, 2.75) is 17.9 Å². The van der Waals surface area contributed by atoms with Crippen LogP contribution in [-0.4, -0.2) is 19.3 Å². The Morgan fingerprint density at radius 2 is 1.79 bits per heavy atom. The van der Waals surface area contributed by atoms with Gasteiger partial charge in [-0.2, -0.15) is 0 Å². The Morgan fingerprint density at radius 1 is 1.04 bits per heavy atom. The molecule has 1 heterocycles. The predicted octanol–water partition coefficient (Wildman–Crippen LogP) is 3.51. The second-order valence-electron chi connectivity index (χ2n) is 6.09. The summed E-state index contributed by atoms with van der Waals surface area (Å²) in [7, 11) is -3.93. The van der Waals surface area contributed by atoms with Crippen LogP contribution in [0.15, 0.2) is 77.8 Å². The van der Waals surface area contributed by atoms with Gasteiger partial charge in [-0.25, -0.2) is 12.8 Å². The fourth-order valence-corrected chi connectivity index (χ4v) is 3.63. The van der Waals surface area contributed by atoms with E-state index in [0.717, 1.165) is 12.1 Å². The predicted molar refractivity (Wildman–Crippen MR) is 104 cm³/mol. The average molecular weight is 399 g/mol. The van der Waals surface area contributed by atoms with E-state index in [1.54, 1.807) is 25.3 Å². The molecule has 8 heteroatoms. The van der Waals surface area contributed by atoms with Crippen LogP contribution in [0.25, 0.3) is 0 Å². The first-order valence-corrected chi connectivity index (χ1v) is 9.94. The topological polar surface area (TPSA) is 88.2 Å². The number of nitrogens with zero attached hydrogens (tertiary/aromatic N) is 1. The Balaban J connectivity index is 1.77. The van der Waals surface area contributed by atoms with E-state index in [1.165, 1.54) is 36.4 Å². The maximum atomic E-state index is 13.0. The molecule has 0 aliphatic carbocycles. The van der Waals surface area contributed by atoms with Crippen LogP contribution in [0.5, 0.6) is 0 Å². The van der Waals surface area contributed by atoms with Crippen LogP contribution in [-0.2, 0) is 10.0 Å². The quantitative estimate of drug-likeness (QED) is 0.664. The van der Waals surface area contributed by atoms with E-state index in [1.807, 2.05) is 6.07 Å². The number of halogens is 1. The number of anilines is 1. The van der Waals surface area contributed by atoms with Crippen molar-refractivity contribution in [2.75, 3.05) is 4.72 Å². The third kappa shape index (κ3) is 4.72. The number of benzene rings is 2. The normalized spacial score (nSPS) is 12.2. The van der Waals surface area contributed by atoms with E-state index in [4.69, 9.17) is 0 Å². The molecule has 2 aromatic carbocycles. The number of pyridine rings is 1. The molecule has 144 valence electrons. The van der Waals surface area contributed by atoms with Crippen molar-refractivity contribution in [3.8, 4) is 0 Å². The largest absolute Gasteiger partial charge is 0.344 e. The Labute approximate surface area is 162 Å². The molecule has 1 aromatic heterocycles. The van der Waals surface area contributed by atoms with Crippen molar-refractivity contribution in [1.82, 2.24) is 10.3 Å². The lowest BCUT2D eigenvalue weighted by Gasteiger charge is -2.14. The summed E-state index contributed by atoms with van der Waals surface area (Å²) in [4.78, 5) is 16.6. The summed E-state index contributed by atoms with van der Waals surface area (Å²) in [6, 6.07) is 15.7. The number of nitrogens with one attached hydrogen (secondary N) is 2. The summed E-state index contributed by atoms with van der Waals surface area (Å²) in [5.74, 6) is -0.888. The van der Waals surface area contributed by atoms with Gasteiger partial charge in [-0.15, -0.1) is 0 Å². The molecule has 0 unspecified atom stereocenters. The second kappa shape index (κ2) is 8.18. The molecule has 0 bridgehead atoms. The Morgan fingerprint density at radius 3 is 2.46 bits per heavy atom. The molecule has 0 aliphatic rings. The molecule has 3 rings (SSSR count). The highest BCUT2D eigenvalue weighted by atomic mass is 32.2. The van der Waals surface area contributed by atoms with Gasteiger partial charge in [-0.05, 0) is 61.5 Å². The summed E-state index contributed by atoms with van der Waals surface area (Å²) in [6.07, 6.45) is 1.63. The second-order valence-corrected chi connectivity index (χ2v) is 7.77. The van der Waals surface area contributed by atoms with Gasteiger partial charge in [0.15, 0.2) is 0 Å². The third-order valence-corrected chi connectivity index (χ3v) is 5.36. The number of aromatic nitrogens is 1. The zero-order valence-corrected chi connectivity index (χ0v) is 15.8. The van der Waals surface area contributed by atoms with Crippen molar-refractivity contribution < 1.29 is 17.6 Å². The van der Waals surface area contributed by atoms with Gasteiger partial charge in [-0.1, -0.05) is 12.1 Å². The van der Waals surface area contributed by atoms with Gasteiger partial charge in [0.25, 0.3) is 15.9 Å². The number of carbonyl (C=O) groups is 1. The minimum atomic E-state index is -3.93. The summed E-state index contributed by atoms with van der Waals surface area (Å²) >= 11 is 0. The van der Waals surface area contributed by atoms with Crippen LogP contribution >= 0.6 is 0 Å². The van der Waals surface area contributed by atoms with Gasteiger partial charge in [0.2, 0.25) is 0 Å². The third-order valence-electron chi connectivity index (χ3n) is 3.98. The lowest BCUT2D eigenvalue weighted by atomic mass is 10.1. The summed E-state index contributed by atoms with van der Waals surface area (Å²) < 4.78 is 40.5. The highest BCUT2D eigenvalue weighted by molar-refractivity contribution is 7.92. The molecule has 2 N–H and O–H groups in total. The van der Waals surface area contributed by atoms with Crippen LogP contribution in [0.2, 0.25) is 0 Å². The van der Waals surface area contributed by atoms with Crippen molar-refractivity contribution in [3.63, 3.8) is 0 Å². The number of carbonyl (C=O) groups excluding carboxylic acids is 1. The Bertz CT molecular complexity index is 1070. The molecule has 1 atom stereocenters. The lowest BCUT2D eigenvalue weighted by Crippen LogP contribution is -2.27. The van der Waals surface area contributed by atoms with Crippen LogP contribution in [0.3, 0.4) is 0 Å². The molecule has 1 amide bonds. The molecule has 0 saturated carbocycles. The summed E-state index contributed by atoms with van der Waals surface area (Å²) in [5.41, 5.74) is 1.11. The molecular weight excluding hydrogens is 381 g/mol. The SMILES string of the molecule is C[C@@H](NC(=O)c1cccc(S(=O)(=O)Nc2ccc(F)cc2)c1)c1ccccn1. The first kappa shape index (κ1) is 19.5. The van der Waals surface area contributed by atoms with Gasteiger partial charge in [0.1, 0.15) is 5.82 Å². The number of hydrogen-bond donors (Lipinski definition) is 2. The molecule has 0 radical (unpaired) electrons. The highest BCUT2D eigenvalue weighted by Gasteiger charge is 2.18. The van der Waals surface area contributed by atoms with Gasteiger partial charge in [0.05, 0.1) is 16.6 Å². The fraction of sp³-hybridized carbons (Fsp3) is 0.100. The van der Waals surface area contributed by atoms with Crippen molar-refractivity contribution in [2.24, 2.45) is 0 Å². The number of rotatable bonds is 6. The van der Waals surface area contributed by atoms with E-state index in [9.17, 15) is 17.6 Å². The standard InChI is InChI=1S/C20H18FN3O3S/c1-14(19-7-2-3-12-22-19)23-20(25)15-5-4-6-18(13-15)28(26,27)24-17-10-8-16(21)9-11-17/h2-14,24H,1H3,(H,23,25)/t14-/m1/s1. The molecule has 6 nitrogen and oxygen atoms in total. The zero-order valence-electron chi connectivity index (χ0n) is 15.0. The van der Waals surface area contributed by atoms with E-state index >= 15 is 0 Å². The maximum Gasteiger partial charge on any atom is 0.261 e. The highest BCUT2D eigenvalue weighted by Crippen LogP contribution is 2.18.